The Balaban J connectivity index is 1.25. The molecule has 6 nitrogen and oxygen atoms in total. The fraction of sp³-hybridized carbons (Fsp3) is 0.381. The third-order valence-corrected chi connectivity index (χ3v) is 5.85. The van der Waals surface area contributed by atoms with E-state index in [1.54, 1.807) is 0 Å². The van der Waals surface area contributed by atoms with Gasteiger partial charge in [0.1, 0.15) is 11.6 Å². The zero-order valence-corrected chi connectivity index (χ0v) is 16.8. The second kappa shape index (κ2) is 7.85. The first-order valence-corrected chi connectivity index (χ1v) is 10.1. The molecule has 4 rings (SSSR count). The molecule has 1 aliphatic carbocycles. The van der Waals surface area contributed by atoms with Gasteiger partial charge in [-0.25, -0.2) is 9.78 Å². The molecule has 1 saturated carbocycles. The van der Waals surface area contributed by atoms with E-state index in [1.807, 2.05) is 44.2 Å². The highest BCUT2D eigenvalue weighted by Crippen LogP contribution is 2.38. The average molecular weight is 398 g/mol. The molecule has 0 unspecified atom stereocenters. The molecule has 146 valence electrons. The Bertz CT molecular complexity index is 999. The van der Waals surface area contributed by atoms with Crippen LogP contribution in [0.2, 0.25) is 0 Å². The van der Waals surface area contributed by atoms with Crippen LogP contribution in [0.5, 0.6) is 0 Å². The van der Waals surface area contributed by atoms with Crippen LogP contribution in [0.1, 0.15) is 45.6 Å². The first-order valence-electron chi connectivity index (χ1n) is 9.32. The van der Waals surface area contributed by atoms with Crippen LogP contribution >= 0.6 is 11.3 Å². The van der Waals surface area contributed by atoms with Crippen molar-refractivity contribution in [3.63, 3.8) is 0 Å². The molecule has 3 aromatic rings. The number of Topliss-reactive ketones (excluding diaryl/α,β-unsaturated/α-hetero) is 1. The summed E-state index contributed by atoms with van der Waals surface area (Å²) in [6, 6.07) is 10.2. The molecular weight excluding hydrogens is 376 g/mol. The number of hydrogen-bond donors (Lipinski definition) is 0. The fourth-order valence-corrected chi connectivity index (χ4v) is 4.33. The van der Waals surface area contributed by atoms with Crippen molar-refractivity contribution in [1.29, 1.82) is 0 Å². The number of nitrogens with zero attached hydrogens (tertiary/aromatic N) is 2. The molecule has 7 heteroatoms. The quantitative estimate of drug-likeness (QED) is 0.424. The van der Waals surface area contributed by atoms with E-state index in [4.69, 9.17) is 9.47 Å². The van der Waals surface area contributed by atoms with Crippen molar-refractivity contribution in [2.24, 2.45) is 0 Å². The summed E-state index contributed by atoms with van der Waals surface area (Å²) in [6.07, 6.45) is 2.32. The van der Waals surface area contributed by atoms with Crippen LogP contribution in [0.4, 0.5) is 0 Å². The van der Waals surface area contributed by atoms with Crippen LogP contribution in [0.15, 0.2) is 30.3 Å². The normalized spacial score (nSPS) is 13.8. The molecule has 1 fully saturated rings. The van der Waals surface area contributed by atoms with Crippen LogP contribution in [-0.2, 0) is 20.9 Å². The Morgan fingerprint density at radius 2 is 2.00 bits per heavy atom. The van der Waals surface area contributed by atoms with Gasteiger partial charge < -0.3 is 14.0 Å². The van der Waals surface area contributed by atoms with Gasteiger partial charge in [0.05, 0.1) is 16.8 Å². The summed E-state index contributed by atoms with van der Waals surface area (Å²) in [6.45, 7) is 3.72. The lowest BCUT2D eigenvalue weighted by Crippen LogP contribution is -2.18. The Labute approximate surface area is 167 Å². The van der Waals surface area contributed by atoms with Gasteiger partial charge in [-0.15, -0.1) is 11.3 Å². The molecule has 0 spiro atoms. The lowest BCUT2D eigenvalue weighted by Gasteiger charge is -2.08. The molecule has 0 saturated heterocycles. The minimum absolute atomic E-state index is 0.181. The molecule has 0 aliphatic heterocycles. The van der Waals surface area contributed by atoms with E-state index in [9.17, 15) is 9.59 Å². The number of benzene rings is 1. The van der Waals surface area contributed by atoms with Crippen molar-refractivity contribution >= 4 is 33.3 Å². The van der Waals surface area contributed by atoms with E-state index < -0.39 is 5.97 Å². The van der Waals surface area contributed by atoms with E-state index in [0.29, 0.717) is 11.6 Å². The third-order valence-electron chi connectivity index (χ3n) is 4.84. The fourth-order valence-electron chi connectivity index (χ4n) is 3.42. The van der Waals surface area contributed by atoms with Crippen molar-refractivity contribution < 1.29 is 19.1 Å². The topological polar surface area (TPSA) is 70.4 Å². The molecule has 0 bridgehead atoms. The number of carbonyl (C=O) groups excluding carboxylic acids is 2. The van der Waals surface area contributed by atoms with Gasteiger partial charge in [0.2, 0.25) is 5.78 Å². The molecule has 0 amide bonds. The number of aromatic nitrogens is 2. The van der Waals surface area contributed by atoms with Gasteiger partial charge in [0, 0.05) is 23.0 Å². The Morgan fingerprint density at radius 3 is 2.75 bits per heavy atom. The van der Waals surface area contributed by atoms with Crippen molar-refractivity contribution in [2.45, 2.75) is 39.3 Å². The summed E-state index contributed by atoms with van der Waals surface area (Å²) in [5.41, 5.74) is 3.58. The number of hydrogen-bond acceptors (Lipinski definition) is 6. The monoisotopic (exact) mass is 398 g/mol. The number of para-hydroxylation sites is 1. The van der Waals surface area contributed by atoms with E-state index in [2.05, 4.69) is 9.55 Å². The number of fused-ring (bicyclic) bond motifs is 1. The molecule has 0 atom stereocenters. The summed E-state index contributed by atoms with van der Waals surface area (Å²) in [5.74, 6) is -0.731. The average Bonchev–Trinajstić information content (AvgIpc) is 3.34. The smallest absolute Gasteiger partial charge is 0.332 e. The largest absolute Gasteiger partial charge is 0.456 e. The molecule has 0 N–H and O–H groups in total. The van der Waals surface area contributed by atoms with Gasteiger partial charge in [-0.2, -0.15) is 0 Å². The maximum absolute atomic E-state index is 12.4. The lowest BCUT2D eigenvalue weighted by molar-refractivity contribution is -0.148. The van der Waals surface area contributed by atoms with Crippen LogP contribution in [0.25, 0.3) is 10.2 Å². The summed E-state index contributed by atoms with van der Waals surface area (Å²) in [7, 11) is 0. The molecular formula is C21H22N2O4S. The van der Waals surface area contributed by atoms with Gasteiger partial charge in [0.15, 0.2) is 6.61 Å². The number of thiazole rings is 1. The maximum atomic E-state index is 12.4. The van der Waals surface area contributed by atoms with Crippen LogP contribution in [0, 0.1) is 13.8 Å². The standard InChI is InChI=1S/C21H22N2O4S/c1-13-9-16(14(2)23(13)15-7-8-15)18(24)10-27-21(25)12-26-11-20-22-17-5-3-4-6-19(17)28-20/h3-6,9,15H,7-8,10-12H2,1-2H3. The van der Waals surface area contributed by atoms with Crippen molar-refractivity contribution in [3.05, 3.63) is 52.3 Å². The second-order valence-electron chi connectivity index (χ2n) is 7.04. The number of aryl methyl sites for hydroxylation is 1. The minimum atomic E-state index is -0.550. The summed E-state index contributed by atoms with van der Waals surface area (Å²) in [4.78, 5) is 28.8. The molecule has 28 heavy (non-hydrogen) atoms. The predicted molar refractivity (Wildman–Crippen MR) is 107 cm³/mol. The van der Waals surface area contributed by atoms with Gasteiger partial charge in [0.25, 0.3) is 0 Å². The maximum Gasteiger partial charge on any atom is 0.332 e. The van der Waals surface area contributed by atoms with E-state index in [-0.39, 0.29) is 25.6 Å². The zero-order valence-electron chi connectivity index (χ0n) is 15.9. The molecule has 1 aromatic carbocycles. The van der Waals surface area contributed by atoms with Gasteiger partial charge in [-0.1, -0.05) is 12.1 Å². The van der Waals surface area contributed by atoms with Gasteiger partial charge >= 0.3 is 5.97 Å². The second-order valence-corrected chi connectivity index (χ2v) is 8.15. The number of ketones is 1. The number of ether oxygens (including phenoxy) is 2. The Hall–Kier alpha value is -2.51. The summed E-state index contributed by atoms with van der Waals surface area (Å²) in [5, 5.41) is 0.803. The predicted octanol–water partition coefficient (Wildman–Crippen LogP) is 3.99. The highest BCUT2D eigenvalue weighted by molar-refractivity contribution is 7.18. The first kappa shape index (κ1) is 18.8. The van der Waals surface area contributed by atoms with E-state index in [0.717, 1.165) is 39.5 Å². The van der Waals surface area contributed by atoms with Crippen LogP contribution in [-0.4, -0.2) is 34.5 Å². The van der Waals surface area contributed by atoms with Crippen molar-refractivity contribution in [1.82, 2.24) is 9.55 Å². The van der Waals surface area contributed by atoms with Crippen LogP contribution in [0.3, 0.4) is 0 Å². The van der Waals surface area contributed by atoms with Crippen molar-refractivity contribution in [3.8, 4) is 0 Å². The van der Waals surface area contributed by atoms with Gasteiger partial charge in [-0.3, -0.25) is 4.79 Å². The Kier molecular flexibility index (Phi) is 5.28. The highest BCUT2D eigenvalue weighted by atomic mass is 32.1. The molecule has 1 aliphatic rings. The molecule has 0 radical (unpaired) electrons. The SMILES string of the molecule is Cc1cc(C(=O)COC(=O)COCc2nc3ccccc3s2)c(C)n1C1CC1. The number of carbonyl (C=O) groups is 2. The zero-order chi connectivity index (χ0) is 19.7. The van der Waals surface area contributed by atoms with E-state index >= 15 is 0 Å². The van der Waals surface area contributed by atoms with Crippen molar-refractivity contribution in [2.75, 3.05) is 13.2 Å². The molecule has 2 aromatic heterocycles. The van der Waals surface area contributed by atoms with Crippen LogP contribution < -0.4 is 0 Å². The number of esters is 1. The first-order chi connectivity index (χ1) is 13.5. The summed E-state index contributed by atoms with van der Waals surface area (Å²) >= 11 is 1.53. The highest BCUT2D eigenvalue weighted by Gasteiger charge is 2.28. The third kappa shape index (κ3) is 4.00. The van der Waals surface area contributed by atoms with E-state index in [1.165, 1.54) is 11.3 Å². The molecule has 2 heterocycles. The Morgan fingerprint density at radius 1 is 1.21 bits per heavy atom. The lowest BCUT2D eigenvalue weighted by atomic mass is 10.1. The minimum Gasteiger partial charge on any atom is -0.456 e. The summed E-state index contributed by atoms with van der Waals surface area (Å²) < 4.78 is 13.8. The van der Waals surface area contributed by atoms with Gasteiger partial charge in [-0.05, 0) is 44.9 Å². The number of rotatable bonds is 8.